The zero-order valence-electron chi connectivity index (χ0n) is 11.7. The highest BCUT2D eigenvalue weighted by molar-refractivity contribution is 6.06. The largest absolute Gasteiger partial charge is 0.508 e. The smallest absolute Gasteiger partial charge is 0.256 e. The van der Waals surface area contributed by atoms with Crippen molar-refractivity contribution in [3.8, 4) is 17.6 Å². The number of carbonyl (C=O) groups is 1. The summed E-state index contributed by atoms with van der Waals surface area (Å²) in [4.78, 5) is 12.3. The van der Waals surface area contributed by atoms with Gasteiger partial charge in [-0.05, 0) is 42.8 Å². The molecule has 0 aliphatic carbocycles. The van der Waals surface area contributed by atoms with Crippen molar-refractivity contribution in [3.63, 3.8) is 0 Å². The summed E-state index contributed by atoms with van der Waals surface area (Å²) >= 11 is 0. The van der Waals surface area contributed by atoms with Gasteiger partial charge in [-0.2, -0.15) is 5.26 Å². The van der Waals surface area contributed by atoms with Crippen LogP contribution in [0.5, 0.6) is 11.5 Å². The molecule has 0 saturated heterocycles. The molecule has 2 N–H and O–H groups in total. The number of hydrogen-bond donors (Lipinski definition) is 2. The molecule has 0 saturated carbocycles. The minimum Gasteiger partial charge on any atom is -0.508 e. The Bertz CT molecular complexity index is 733. The minimum atomic E-state index is -0.367. The Morgan fingerprint density at radius 2 is 2.10 bits per heavy atom. The van der Waals surface area contributed by atoms with E-state index < -0.39 is 0 Å². The molecule has 0 radical (unpaired) electrons. The van der Waals surface area contributed by atoms with E-state index in [1.165, 1.54) is 25.3 Å². The van der Waals surface area contributed by atoms with Crippen LogP contribution >= 0.6 is 0 Å². The van der Waals surface area contributed by atoms with Gasteiger partial charge in [0.1, 0.15) is 23.3 Å². The van der Waals surface area contributed by atoms with Gasteiger partial charge in [0.2, 0.25) is 0 Å². The fourth-order valence-corrected chi connectivity index (χ4v) is 2.01. The monoisotopic (exact) mass is 282 g/mol. The Morgan fingerprint density at radius 3 is 2.71 bits per heavy atom. The topological polar surface area (TPSA) is 82.3 Å². The number of nitriles is 1. The van der Waals surface area contributed by atoms with E-state index in [1.807, 2.05) is 6.07 Å². The first kappa shape index (κ1) is 14.4. The number of amides is 1. The predicted molar refractivity (Wildman–Crippen MR) is 78.5 cm³/mol. The van der Waals surface area contributed by atoms with Crippen molar-refractivity contribution < 1.29 is 14.6 Å². The maximum atomic E-state index is 12.3. The van der Waals surface area contributed by atoms with Crippen LogP contribution < -0.4 is 10.1 Å². The number of ether oxygens (including phenoxy) is 1. The van der Waals surface area contributed by atoms with Gasteiger partial charge in [-0.3, -0.25) is 4.79 Å². The lowest BCUT2D eigenvalue weighted by Crippen LogP contribution is -2.15. The maximum absolute atomic E-state index is 12.3. The molecule has 0 unspecified atom stereocenters. The molecule has 2 aromatic carbocycles. The third-order valence-electron chi connectivity index (χ3n) is 3.06. The van der Waals surface area contributed by atoms with Crippen molar-refractivity contribution in [1.29, 1.82) is 5.26 Å². The molecule has 21 heavy (non-hydrogen) atoms. The highest BCUT2D eigenvalue weighted by Crippen LogP contribution is 2.28. The van der Waals surface area contributed by atoms with Crippen molar-refractivity contribution >= 4 is 11.6 Å². The van der Waals surface area contributed by atoms with Crippen LogP contribution in [0, 0.1) is 18.3 Å². The third kappa shape index (κ3) is 2.95. The number of para-hydroxylation sites is 1. The van der Waals surface area contributed by atoms with Crippen molar-refractivity contribution in [3.05, 3.63) is 53.1 Å². The van der Waals surface area contributed by atoms with E-state index in [1.54, 1.807) is 25.1 Å². The van der Waals surface area contributed by atoms with Crippen LogP contribution in [0.2, 0.25) is 0 Å². The molecule has 0 aliphatic rings. The fourth-order valence-electron chi connectivity index (χ4n) is 2.01. The Balaban J connectivity index is 2.38. The Kier molecular flexibility index (Phi) is 4.10. The number of phenols is 1. The number of rotatable bonds is 3. The van der Waals surface area contributed by atoms with Crippen LogP contribution in [0.3, 0.4) is 0 Å². The van der Waals surface area contributed by atoms with Gasteiger partial charge in [-0.15, -0.1) is 0 Å². The van der Waals surface area contributed by atoms with Crippen molar-refractivity contribution in [2.24, 2.45) is 0 Å². The lowest BCUT2D eigenvalue weighted by molar-refractivity contribution is 0.102. The van der Waals surface area contributed by atoms with E-state index in [-0.39, 0.29) is 11.7 Å². The highest BCUT2D eigenvalue weighted by Gasteiger charge is 2.15. The van der Waals surface area contributed by atoms with Crippen LogP contribution in [0.25, 0.3) is 0 Å². The Hall–Kier alpha value is -3.00. The highest BCUT2D eigenvalue weighted by atomic mass is 16.5. The molecule has 5 heteroatoms. The van der Waals surface area contributed by atoms with Crippen LogP contribution in [-0.2, 0) is 0 Å². The molecule has 0 aliphatic heterocycles. The zero-order valence-corrected chi connectivity index (χ0v) is 11.7. The third-order valence-corrected chi connectivity index (χ3v) is 3.06. The number of benzene rings is 2. The molecule has 2 aromatic rings. The first-order valence-electron chi connectivity index (χ1n) is 6.25. The molecule has 1 amide bonds. The van der Waals surface area contributed by atoms with Crippen LogP contribution in [0.4, 0.5) is 5.69 Å². The van der Waals surface area contributed by atoms with Crippen LogP contribution in [0.15, 0.2) is 36.4 Å². The minimum absolute atomic E-state index is 0.0963. The summed E-state index contributed by atoms with van der Waals surface area (Å²) in [5, 5.41) is 21.2. The van der Waals surface area contributed by atoms with E-state index in [4.69, 9.17) is 10.00 Å². The average Bonchev–Trinajstić information content (AvgIpc) is 2.47. The fraction of sp³-hybridized carbons (Fsp3) is 0.125. The van der Waals surface area contributed by atoms with E-state index in [9.17, 15) is 9.90 Å². The Labute approximate surface area is 122 Å². The average molecular weight is 282 g/mol. The van der Waals surface area contributed by atoms with Gasteiger partial charge >= 0.3 is 0 Å². The quantitative estimate of drug-likeness (QED) is 0.906. The molecular weight excluding hydrogens is 268 g/mol. The standard InChI is InChI=1S/C16H14N2O3/c1-10-8-12(19)6-7-13(10)16(20)18-15-11(9-17)4-3-5-14(15)21-2/h3-8,19H,1-2H3,(H,18,20). The maximum Gasteiger partial charge on any atom is 0.256 e. The van der Waals surface area contributed by atoms with Gasteiger partial charge in [0.15, 0.2) is 0 Å². The molecular formula is C16H14N2O3. The summed E-state index contributed by atoms with van der Waals surface area (Å²) in [6.45, 7) is 1.72. The van der Waals surface area contributed by atoms with E-state index in [0.29, 0.717) is 28.1 Å². The van der Waals surface area contributed by atoms with Gasteiger partial charge < -0.3 is 15.2 Å². The van der Waals surface area contributed by atoms with Crippen LogP contribution in [0.1, 0.15) is 21.5 Å². The Morgan fingerprint density at radius 1 is 1.33 bits per heavy atom. The first-order valence-corrected chi connectivity index (χ1v) is 6.25. The second-order valence-electron chi connectivity index (χ2n) is 4.45. The second kappa shape index (κ2) is 5.97. The summed E-state index contributed by atoms with van der Waals surface area (Å²) in [6, 6.07) is 11.4. The molecule has 0 aromatic heterocycles. The van der Waals surface area contributed by atoms with Crippen molar-refractivity contribution in [2.45, 2.75) is 6.92 Å². The second-order valence-corrected chi connectivity index (χ2v) is 4.45. The van der Waals surface area contributed by atoms with Crippen LogP contribution in [-0.4, -0.2) is 18.1 Å². The number of methoxy groups -OCH3 is 1. The van der Waals surface area contributed by atoms with Crippen molar-refractivity contribution in [1.82, 2.24) is 0 Å². The number of hydrogen-bond acceptors (Lipinski definition) is 4. The number of aromatic hydroxyl groups is 1. The predicted octanol–water partition coefficient (Wildman–Crippen LogP) is 2.83. The molecule has 0 fully saturated rings. The normalized spacial score (nSPS) is 9.76. The summed E-state index contributed by atoms with van der Waals surface area (Å²) in [5.74, 6) is 0.145. The molecule has 0 bridgehead atoms. The van der Waals surface area contributed by atoms with Gasteiger partial charge in [0.25, 0.3) is 5.91 Å². The molecule has 2 rings (SSSR count). The first-order chi connectivity index (χ1) is 10.1. The van der Waals surface area contributed by atoms with Crippen molar-refractivity contribution in [2.75, 3.05) is 12.4 Å². The molecule has 5 nitrogen and oxygen atoms in total. The summed E-state index contributed by atoms with van der Waals surface area (Å²) in [6.07, 6.45) is 0. The number of nitrogens with one attached hydrogen (secondary N) is 1. The van der Waals surface area contributed by atoms with E-state index >= 15 is 0 Å². The summed E-state index contributed by atoms with van der Waals surface area (Å²) in [5.41, 5.74) is 1.71. The SMILES string of the molecule is COc1cccc(C#N)c1NC(=O)c1ccc(O)cc1C. The van der Waals surface area contributed by atoms with Gasteiger partial charge in [-0.1, -0.05) is 6.07 Å². The van der Waals surface area contributed by atoms with Gasteiger partial charge in [0.05, 0.1) is 12.7 Å². The lowest BCUT2D eigenvalue weighted by atomic mass is 10.1. The number of nitrogens with zero attached hydrogens (tertiary/aromatic N) is 1. The van der Waals surface area contributed by atoms with Gasteiger partial charge in [-0.25, -0.2) is 0 Å². The number of phenolic OH excluding ortho intramolecular Hbond substituents is 1. The molecule has 106 valence electrons. The summed E-state index contributed by atoms with van der Waals surface area (Å²) < 4.78 is 5.17. The summed E-state index contributed by atoms with van der Waals surface area (Å²) in [7, 11) is 1.47. The van der Waals surface area contributed by atoms with E-state index in [0.717, 1.165) is 0 Å². The van der Waals surface area contributed by atoms with Gasteiger partial charge in [0, 0.05) is 5.56 Å². The number of carbonyl (C=O) groups excluding carboxylic acids is 1. The number of aryl methyl sites for hydroxylation is 1. The molecule has 0 atom stereocenters. The lowest BCUT2D eigenvalue weighted by Gasteiger charge is -2.12. The number of anilines is 1. The molecule has 0 spiro atoms. The molecule has 0 heterocycles. The zero-order chi connectivity index (χ0) is 15.4. The van der Waals surface area contributed by atoms with E-state index in [2.05, 4.69) is 5.32 Å².